The monoisotopic (exact) mass is 913 g/mol. The average molecular weight is 913 g/mol. The SMILES string of the molecule is CC.CC.CC.CC.CC(=O)N1CC1.CC(=O)N1CCCC1.CN1CC1.CN1CCCC1.COCc1ccccc1.Cc1cccc2c1CCCC2.Cc1ccccc1.Cc1ccccc1. The van der Waals surface area contributed by atoms with Crippen molar-refractivity contribution in [1.82, 2.24) is 19.6 Å². The van der Waals surface area contributed by atoms with E-state index in [1.54, 1.807) is 37.0 Å². The maximum absolute atomic E-state index is 10.6. The number of fused-ring (bicyclic) bond motifs is 1. The fourth-order valence-electron chi connectivity index (χ4n) is 6.15. The number of carbonyl (C=O) groups is 2. The Hall–Kier alpha value is -4.30. The summed E-state index contributed by atoms with van der Waals surface area (Å²) < 4.78 is 4.93. The molecule has 374 valence electrons. The number of aryl methyl sites for hydroxylation is 4. The predicted molar refractivity (Wildman–Crippen MR) is 291 cm³/mol. The van der Waals surface area contributed by atoms with Crippen molar-refractivity contribution in [2.24, 2.45) is 0 Å². The number of nitrogens with zero attached hydrogens (tertiary/aromatic N) is 4. The number of likely N-dealkylation sites (tertiary alicyclic amines) is 2. The molecule has 0 spiro atoms. The molecule has 4 aliphatic heterocycles. The van der Waals surface area contributed by atoms with Crippen LogP contribution in [0.1, 0.15) is 141 Å². The van der Waals surface area contributed by atoms with E-state index in [1.807, 2.05) is 127 Å². The highest BCUT2D eigenvalue weighted by Gasteiger charge is 2.19. The molecule has 7 nitrogen and oxygen atoms in total. The van der Waals surface area contributed by atoms with Crippen LogP contribution in [0.15, 0.2) is 109 Å². The molecule has 7 heteroatoms. The third-order valence-electron chi connectivity index (χ3n) is 10.1. The number of methoxy groups -OCH3 is 1. The number of hydrogen-bond donors (Lipinski definition) is 0. The van der Waals surface area contributed by atoms with E-state index in [9.17, 15) is 9.59 Å². The van der Waals surface area contributed by atoms with Crippen LogP contribution in [0.25, 0.3) is 0 Å². The first-order chi connectivity index (χ1) is 32.0. The first-order valence-corrected chi connectivity index (χ1v) is 25.5. The zero-order chi connectivity index (χ0) is 50.4. The van der Waals surface area contributed by atoms with E-state index in [2.05, 4.69) is 87.1 Å². The van der Waals surface area contributed by atoms with Crippen molar-refractivity contribution in [2.45, 2.75) is 148 Å². The highest BCUT2D eigenvalue weighted by molar-refractivity contribution is 5.75. The van der Waals surface area contributed by atoms with Crippen LogP contribution in [0.3, 0.4) is 0 Å². The number of carbonyl (C=O) groups excluding carboxylic acids is 2. The van der Waals surface area contributed by atoms with Gasteiger partial charge in [0.2, 0.25) is 11.8 Å². The standard InChI is InChI=1S/C11H14.C8H10O.2C7H8.C6H11NO.C5H11N.C4H7NO.C3H7N.4C2H6/c1-9-5-4-7-10-6-2-3-8-11(9)10;1-9-7-8-5-3-2-4-6-8;2*1-7-5-3-2-4-6-7;1-6(8)7-4-2-3-5-7;1-6-4-2-3-5-6;1-4(6)5-2-3-5;1-4-2-3-4;4*1-2/h4-5,7H,2-3,6,8H2,1H3;2-6H,7H2,1H3;2*2-6H,1H3;2-5H2,1H3;2-5H2,1H3;2-3H2,1H3;2-3H2,1H3;4*1-2H3. The van der Waals surface area contributed by atoms with Crippen LogP contribution in [-0.4, -0.2) is 105 Å². The van der Waals surface area contributed by atoms with E-state index in [-0.39, 0.29) is 11.8 Å². The number of likely N-dealkylation sites (N-methyl/N-ethyl adjacent to an activating group) is 1. The summed E-state index contributed by atoms with van der Waals surface area (Å²) in [6, 6.07) is 37.3. The summed E-state index contributed by atoms with van der Waals surface area (Å²) in [4.78, 5) is 29.0. The van der Waals surface area contributed by atoms with Crippen LogP contribution in [-0.2, 0) is 33.8 Å². The van der Waals surface area contributed by atoms with Gasteiger partial charge in [-0.05, 0) is 122 Å². The molecule has 2 amide bonds. The maximum atomic E-state index is 10.6. The molecule has 0 N–H and O–H groups in total. The van der Waals surface area contributed by atoms with Crippen molar-refractivity contribution in [3.63, 3.8) is 0 Å². The van der Waals surface area contributed by atoms with Crippen molar-refractivity contribution in [3.05, 3.63) is 143 Å². The molecule has 1 aliphatic carbocycles. The van der Waals surface area contributed by atoms with Crippen molar-refractivity contribution in [2.75, 3.05) is 73.6 Å². The van der Waals surface area contributed by atoms with E-state index < -0.39 is 0 Å². The molecule has 4 fully saturated rings. The summed E-state index contributed by atoms with van der Waals surface area (Å²) >= 11 is 0. The molecule has 66 heavy (non-hydrogen) atoms. The smallest absolute Gasteiger partial charge is 0.219 e. The Morgan fingerprint density at radius 1 is 0.455 bits per heavy atom. The zero-order valence-electron chi connectivity index (χ0n) is 45.4. The lowest BCUT2D eigenvalue weighted by atomic mass is 9.89. The first-order valence-electron chi connectivity index (χ1n) is 25.5. The third-order valence-corrected chi connectivity index (χ3v) is 10.1. The molecule has 0 radical (unpaired) electrons. The molecule has 5 aliphatic rings. The lowest BCUT2D eigenvalue weighted by Crippen LogP contribution is -2.24. The fourth-order valence-corrected chi connectivity index (χ4v) is 6.15. The van der Waals surface area contributed by atoms with Gasteiger partial charge in [-0.15, -0.1) is 0 Å². The first kappa shape index (κ1) is 66.0. The summed E-state index contributed by atoms with van der Waals surface area (Å²) in [6.45, 7) is 35.5. The molecule has 0 unspecified atom stereocenters. The van der Waals surface area contributed by atoms with E-state index in [0.29, 0.717) is 6.61 Å². The number of rotatable bonds is 2. The van der Waals surface area contributed by atoms with Crippen LogP contribution in [0.5, 0.6) is 0 Å². The van der Waals surface area contributed by atoms with E-state index >= 15 is 0 Å². The molecule has 4 aromatic carbocycles. The topological polar surface area (TPSA) is 55.9 Å². The number of hydrogen-bond acceptors (Lipinski definition) is 5. The quantitative estimate of drug-likeness (QED) is 0.188. The summed E-state index contributed by atoms with van der Waals surface area (Å²) in [7, 11) is 5.99. The third kappa shape index (κ3) is 40.0. The second kappa shape index (κ2) is 47.2. The Balaban J connectivity index is -0.000000679. The molecule has 0 bridgehead atoms. The van der Waals surface area contributed by atoms with E-state index in [0.717, 1.165) is 26.2 Å². The second-order valence-corrected chi connectivity index (χ2v) is 15.7. The summed E-state index contributed by atoms with van der Waals surface area (Å²) in [5.41, 5.74) is 8.57. The van der Waals surface area contributed by atoms with Crippen LogP contribution >= 0.6 is 0 Å². The minimum absolute atomic E-state index is 0.204. The summed E-state index contributed by atoms with van der Waals surface area (Å²) in [5, 5.41) is 0. The van der Waals surface area contributed by atoms with Gasteiger partial charge >= 0.3 is 0 Å². The number of benzene rings is 4. The number of ether oxygens (including phenoxy) is 1. The predicted octanol–water partition coefficient (Wildman–Crippen LogP) is 13.9. The van der Waals surface area contributed by atoms with Gasteiger partial charge in [0.05, 0.1) is 6.61 Å². The lowest BCUT2D eigenvalue weighted by Gasteiger charge is -2.17. The Morgan fingerprint density at radius 2 is 0.818 bits per heavy atom. The van der Waals surface area contributed by atoms with Crippen LogP contribution in [0.4, 0.5) is 0 Å². The van der Waals surface area contributed by atoms with Crippen LogP contribution in [0.2, 0.25) is 0 Å². The van der Waals surface area contributed by atoms with Gasteiger partial charge in [0.1, 0.15) is 0 Å². The van der Waals surface area contributed by atoms with Crippen molar-refractivity contribution >= 4 is 11.8 Å². The maximum Gasteiger partial charge on any atom is 0.219 e. The van der Waals surface area contributed by atoms with Crippen LogP contribution < -0.4 is 0 Å². The van der Waals surface area contributed by atoms with Gasteiger partial charge in [-0.2, -0.15) is 0 Å². The van der Waals surface area contributed by atoms with Gasteiger partial charge < -0.3 is 24.3 Å². The zero-order valence-corrected chi connectivity index (χ0v) is 45.4. The lowest BCUT2D eigenvalue weighted by molar-refractivity contribution is -0.127. The highest BCUT2D eigenvalue weighted by atomic mass is 16.5. The highest BCUT2D eigenvalue weighted by Crippen LogP contribution is 2.23. The minimum atomic E-state index is 0.204. The Morgan fingerprint density at radius 3 is 1.09 bits per heavy atom. The Kier molecular flexibility index (Phi) is 47.2. The van der Waals surface area contributed by atoms with E-state index in [4.69, 9.17) is 4.74 Å². The second-order valence-electron chi connectivity index (χ2n) is 15.7. The fraction of sp³-hybridized carbons (Fsp3) is 0.559. The van der Waals surface area contributed by atoms with Gasteiger partial charge in [0.15, 0.2) is 0 Å². The molecule has 0 aromatic heterocycles. The van der Waals surface area contributed by atoms with Gasteiger partial charge in [-0.25, -0.2) is 0 Å². The minimum Gasteiger partial charge on any atom is -0.380 e. The largest absolute Gasteiger partial charge is 0.380 e. The number of amides is 2. The molecule has 9 rings (SSSR count). The van der Waals surface area contributed by atoms with Gasteiger partial charge in [0, 0.05) is 60.2 Å². The molecular weight excluding hydrogens is 813 g/mol. The van der Waals surface area contributed by atoms with Gasteiger partial charge in [0.25, 0.3) is 0 Å². The van der Waals surface area contributed by atoms with Crippen molar-refractivity contribution < 1.29 is 14.3 Å². The molecule has 0 atom stereocenters. The average Bonchev–Trinajstić information content (AvgIpc) is 4.26. The van der Waals surface area contributed by atoms with Gasteiger partial charge in [-0.1, -0.05) is 176 Å². The summed E-state index contributed by atoms with van der Waals surface area (Å²) in [6.07, 6.45) is 10.6. The molecule has 4 saturated heterocycles. The normalized spacial score (nSPS) is 14.1. The Labute approximate surface area is 408 Å². The molecule has 4 heterocycles. The molecule has 4 aromatic rings. The molecular formula is C59H100N4O3. The van der Waals surface area contributed by atoms with Crippen LogP contribution in [0, 0.1) is 20.8 Å². The summed E-state index contributed by atoms with van der Waals surface area (Å²) in [5.74, 6) is 0.428. The van der Waals surface area contributed by atoms with Crippen molar-refractivity contribution in [1.29, 1.82) is 0 Å². The molecule has 0 saturated carbocycles. The Bertz CT molecular complexity index is 1580. The van der Waals surface area contributed by atoms with E-state index in [1.165, 1.54) is 99.8 Å². The van der Waals surface area contributed by atoms with Gasteiger partial charge in [-0.3, -0.25) is 9.59 Å². The van der Waals surface area contributed by atoms with Crippen molar-refractivity contribution in [3.8, 4) is 0 Å².